The highest BCUT2D eigenvalue weighted by atomic mass is 79.9. The van der Waals surface area contributed by atoms with Crippen LogP contribution in [0.3, 0.4) is 0 Å². The minimum absolute atomic E-state index is 0.127. The largest absolute Gasteiger partial charge is 0.493 e. The summed E-state index contributed by atoms with van der Waals surface area (Å²) in [5.74, 6) is 1.83. The summed E-state index contributed by atoms with van der Waals surface area (Å²) in [6.45, 7) is 12.1. The molecule has 0 spiro atoms. The predicted octanol–water partition coefficient (Wildman–Crippen LogP) is 4.30. The highest BCUT2D eigenvalue weighted by Gasteiger charge is 2.28. The lowest BCUT2D eigenvalue weighted by Crippen LogP contribution is -2.28. The summed E-state index contributed by atoms with van der Waals surface area (Å²) < 4.78 is 7.04. The van der Waals surface area contributed by atoms with E-state index in [1.54, 1.807) is 0 Å². The van der Waals surface area contributed by atoms with Gasteiger partial charge in [0.2, 0.25) is 0 Å². The number of nitrogens with one attached hydrogen (secondary N) is 1. The molecule has 1 aromatic rings. The SMILES string of the molecule is CC(C)CNCCC(C)(C)c1cc(Br)cc2c1OCC2. The lowest BCUT2D eigenvalue weighted by molar-refractivity contribution is 0.340. The maximum atomic E-state index is 5.87. The highest BCUT2D eigenvalue weighted by molar-refractivity contribution is 9.10. The van der Waals surface area contributed by atoms with Gasteiger partial charge in [0.15, 0.2) is 0 Å². The molecule has 0 amide bonds. The van der Waals surface area contributed by atoms with Crippen LogP contribution in [0.1, 0.15) is 45.2 Å². The Morgan fingerprint density at radius 3 is 2.80 bits per heavy atom. The fraction of sp³-hybridized carbons (Fsp3) is 0.647. The molecule has 1 N–H and O–H groups in total. The van der Waals surface area contributed by atoms with Crippen LogP contribution in [0.2, 0.25) is 0 Å². The van der Waals surface area contributed by atoms with Crippen LogP contribution in [-0.4, -0.2) is 19.7 Å². The predicted molar refractivity (Wildman–Crippen MR) is 88.7 cm³/mol. The Labute approximate surface area is 131 Å². The minimum atomic E-state index is 0.127. The number of ether oxygens (including phenoxy) is 1. The third-order valence-electron chi connectivity index (χ3n) is 3.96. The fourth-order valence-electron chi connectivity index (χ4n) is 2.70. The van der Waals surface area contributed by atoms with Gasteiger partial charge in [0.1, 0.15) is 5.75 Å². The van der Waals surface area contributed by atoms with Crippen LogP contribution in [0.15, 0.2) is 16.6 Å². The molecule has 0 aromatic heterocycles. The van der Waals surface area contributed by atoms with Gasteiger partial charge in [-0.3, -0.25) is 0 Å². The van der Waals surface area contributed by atoms with Crippen molar-refractivity contribution < 1.29 is 4.74 Å². The smallest absolute Gasteiger partial charge is 0.126 e. The van der Waals surface area contributed by atoms with Crippen molar-refractivity contribution in [2.24, 2.45) is 5.92 Å². The van der Waals surface area contributed by atoms with Crippen LogP contribution in [0, 0.1) is 5.92 Å². The van der Waals surface area contributed by atoms with E-state index in [1.807, 2.05) is 0 Å². The van der Waals surface area contributed by atoms with Gasteiger partial charge in [0.25, 0.3) is 0 Å². The number of benzene rings is 1. The third-order valence-corrected chi connectivity index (χ3v) is 4.41. The Hall–Kier alpha value is -0.540. The number of hydrogen-bond acceptors (Lipinski definition) is 2. The van der Waals surface area contributed by atoms with Gasteiger partial charge in [-0.15, -0.1) is 0 Å². The van der Waals surface area contributed by atoms with Gasteiger partial charge in [0, 0.05) is 16.5 Å². The van der Waals surface area contributed by atoms with Crippen molar-refractivity contribution in [3.63, 3.8) is 0 Å². The summed E-state index contributed by atoms with van der Waals surface area (Å²) in [4.78, 5) is 0. The van der Waals surface area contributed by atoms with E-state index >= 15 is 0 Å². The number of fused-ring (bicyclic) bond motifs is 1. The van der Waals surface area contributed by atoms with Gasteiger partial charge < -0.3 is 10.1 Å². The second-order valence-corrected chi connectivity index (χ2v) is 7.69. The normalized spacial score (nSPS) is 14.5. The molecule has 1 heterocycles. The Kier molecular flexibility index (Phi) is 5.14. The molecule has 0 unspecified atom stereocenters. The Balaban J connectivity index is 2.09. The van der Waals surface area contributed by atoms with Gasteiger partial charge in [-0.05, 0) is 48.5 Å². The van der Waals surface area contributed by atoms with Crippen molar-refractivity contribution in [1.82, 2.24) is 5.32 Å². The van der Waals surface area contributed by atoms with E-state index in [2.05, 4.69) is 61.1 Å². The van der Waals surface area contributed by atoms with Crippen molar-refractivity contribution in [3.05, 3.63) is 27.7 Å². The van der Waals surface area contributed by atoms with E-state index in [0.29, 0.717) is 5.92 Å². The van der Waals surface area contributed by atoms with E-state index in [-0.39, 0.29) is 5.41 Å². The summed E-state index contributed by atoms with van der Waals surface area (Å²) in [6, 6.07) is 4.42. The zero-order chi connectivity index (χ0) is 14.8. The second-order valence-electron chi connectivity index (χ2n) is 6.77. The average Bonchev–Trinajstić information content (AvgIpc) is 2.81. The summed E-state index contributed by atoms with van der Waals surface area (Å²) in [5.41, 5.74) is 2.81. The number of halogens is 1. The van der Waals surface area contributed by atoms with E-state index in [0.717, 1.165) is 38.3 Å². The van der Waals surface area contributed by atoms with E-state index in [9.17, 15) is 0 Å². The first kappa shape index (κ1) is 15.8. The number of rotatable bonds is 6. The number of hydrogen-bond donors (Lipinski definition) is 1. The summed E-state index contributed by atoms with van der Waals surface area (Å²) in [6.07, 6.45) is 2.15. The summed E-state index contributed by atoms with van der Waals surface area (Å²) in [5, 5.41) is 3.54. The molecule has 2 nitrogen and oxygen atoms in total. The minimum Gasteiger partial charge on any atom is -0.493 e. The summed E-state index contributed by atoms with van der Waals surface area (Å²) >= 11 is 3.64. The van der Waals surface area contributed by atoms with Crippen LogP contribution in [0.4, 0.5) is 0 Å². The first-order valence-corrected chi connectivity index (χ1v) is 8.36. The standard InChI is InChI=1S/C17H26BrNO/c1-12(2)11-19-7-6-17(3,4)15-10-14(18)9-13-5-8-20-16(13)15/h9-10,12,19H,5-8,11H2,1-4H3. The molecule has 20 heavy (non-hydrogen) atoms. The Bertz CT molecular complexity index is 468. The van der Waals surface area contributed by atoms with Crippen molar-refractivity contribution in [2.75, 3.05) is 19.7 Å². The van der Waals surface area contributed by atoms with E-state index < -0.39 is 0 Å². The summed E-state index contributed by atoms with van der Waals surface area (Å²) in [7, 11) is 0. The van der Waals surface area contributed by atoms with Gasteiger partial charge >= 0.3 is 0 Å². The molecule has 0 saturated heterocycles. The maximum absolute atomic E-state index is 5.87. The molecule has 3 heteroatoms. The average molecular weight is 340 g/mol. The highest BCUT2D eigenvalue weighted by Crippen LogP contribution is 2.41. The molecule has 0 aliphatic carbocycles. The maximum Gasteiger partial charge on any atom is 0.126 e. The lowest BCUT2D eigenvalue weighted by atomic mass is 9.80. The first-order chi connectivity index (χ1) is 9.40. The van der Waals surface area contributed by atoms with Crippen molar-refractivity contribution in [2.45, 2.75) is 46.0 Å². The van der Waals surface area contributed by atoms with Crippen molar-refractivity contribution >= 4 is 15.9 Å². The van der Waals surface area contributed by atoms with E-state index in [4.69, 9.17) is 4.74 Å². The van der Waals surface area contributed by atoms with E-state index in [1.165, 1.54) is 15.6 Å². The first-order valence-electron chi connectivity index (χ1n) is 7.56. The zero-order valence-corrected chi connectivity index (χ0v) is 14.6. The zero-order valence-electron chi connectivity index (χ0n) is 13.1. The quantitative estimate of drug-likeness (QED) is 0.780. The van der Waals surface area contributed by atoms with Crippen LogP contribution < -0.4 is 10.1 Å². The van der Waals surface area contributed by atoms with Gasteiger partial charge in [-0.25, -0.2) is 0 Å². The van der Waals surface area contributed by atoms with Crippen LogP contribution in [0.25, 0.3) is 0 Å². The fourth-order valence-corrected chi connectivity index (χ4v) is 3.20. The van der Waals surface area contributed by atoms with Gasteiger partial charge in [-0.1, -0.05) is 43.6 Å². The lowest BCUT2D eigenvalue weighted by Gasteiger charge is -2.28. The van der Waals surface area contributed by atoms with Crippen LogP contribution >= 0.6 is 15.9 Å². The molecule has 0 fully saturated rings. The molecule has 0 radical (unpaired) electrons. The van der Waals surface area contributed by atoms with Crippen molar-refractivity contribution in [1.29, 1.82) is 0 Å². The Morgan fingerprint density at radius 2 is 2.10 bits per heavy atom. The molecule has 1 aliphatic heterocycles. The molecule has 1 aliphatic rings. The molecule has 0 saturated carbocycles. The second kappa shape index (κ2) is 6.48. The van der Waals surface area contributed by atoms with Gasteiger partial charge in [-0.2, -0.15) is 0 Å². The van der Waals surface area contributed by atoms with Crippen LogP contribution in [0.5, 0.6) is 5.75 Å². The monoisotopic (exact) mass is 339 g/mol. The third kappa shape index (κ3) is 3.76. The Morgan fingerprint density at radius 1 is 1.35 bits per heavy atom. The molecular formula is C17H26BrNO. The van der Waals surface area contributed by atoms with Crippen LogP contribution in [-0.2, 0) is 11.8 Å². The molecular weight excluding hydrogens is 314 g/mol. The molecule has 0 atom stereocenters. The topological polar surface area (TPSA) is 21.3 Å². The molecule has 0 bridgehead atoms. The molecule has 2 rings (SSSR count). The molecule has 1 aromatic carbocycles. The van der Waals surface area contributed by atoms with Gasteiger partial charge in [0.05, 0.1) is 6.61 Å². The molecule has 112 valence electrons. The van der Waals surface area contributed by atoms with Crippen molar-refractivity contribution in [3.8, 4) is 5.75 Å².